The van der Waals surface area contributed by atoms with Crippen LogP contribution in [-0.2, 0) is 4.57 Å². The molecule has 0 radical (unpaired) electrons. The molecule has 2 N–H and O–H groups in total. The molecule has 0 unspecified atom stereocenters. The van der Waals surface area contributed by atoms with E-state index in [4.69, 9.17) is 9.79 Å². The predicted molar refractivity (Wildman–Crippen MR) is 110 cm³/mol. The van der Waals surface area contributed by atoms with Crippen molar-refractivity contribution in [1.29, 1.82) is 0 Å². The van der Waals surface area contributed by atoms with Gasteiger partial charge in [0.25, 0.3) is 0 Å². The van der Waals surface area contributed by atoms with Crippen LogP contribution < -0.4 is 0 Å². The lowest BCUT2D eigenvalue weighted by molar-refractivity contribution is 0.373. The molecule has 3 nitrogen and oxygen atoms in total. The maximum atomic E-state index is 10.8. The normalized spacial score (nSPS) is 14.0. The summed E-state index contributed by atoms with van der Waals surface area (Å²) < 4.78 is 10.8. The van der Waals surface area contributed by atoms with Crippen molar-refractivity contribution in [2.24, 2.45) is 0 Å². The molecular formula is C21H37O3P. The van der Waals surface area contributed by atoms with E-state index in [0.717, 1.165) is 38.5 Å². The second-order valence-electron chi connectivity index (χ2n) is 7.23. The molecule has 4 heteroatoms. The van der Waals surface area contributed by atoms with Crippen LogP contribution in [0.4, 0.5) is 0 Å². The summed E-state index contributed by atoms with van der Waals surface area (Å²) in [6.07, 6.45) is 15.7. The topological polar surface area (TPSA) is 57.5 Å². The number of allylic oxidation sites excluding steroid dienone is 8. The molecule has 0 aliphatic heterocycles. The van der Waals surface area contributed by atoms with Crippen molar-refractivity contribution >= 4 is 7.60 Å². The SMILES string of the molecule is CC(C)=CCCC(C)=CCCC(C)=CCCC(C)=CCCP(=O)(O)O. The van der Waals surface area contributed by atoms with Crippen molar-refractivity contribution in [3.63, 3.8) is 0 Å². The molecule has 0 saturated carbocycles. The second kappa shape index (κ2) is 13.3. The van der Waals surface area contributed by atoms with Crippen LogP contribution >= 0.6 is 7.60 Å². The van der Waals surface area contributed by atoms with Crippen molar-refractivity contribution in [2.45, 2.75) is 79.6 Å². The van der Waals surface area contributed by atoms with Crippen molar-refractivity contribution in [2.75, 3.05) is 6.16 Å². The van der Waals surface area contributed by atoms with E-state index >= 15 is 0 Å². The summed E-state index contributed by atoms with van der Waals surface area (Å²) in [6, 6.07) is 0. The Morgan fingerprint density at radius 2 is 1.04 bits per heavy atom. The Labute approximate surface area is 154 Å². The first kappa shape index (κ1) is 24.1. The predicted octanol–water partition coefficient (Wildman–Crippen LogP) is 6.70. The lowest BCUT2D eigenvalue weighted by atomic mass is 10.0. The number of hydrogen-bond donors (Lipinski definition) is 2. The van der Waals surface area contributed by atoms with E-state index in [1.54, 1.807) is 0 Å². The molecule has 25 heavy (non-hydrogen) atoms. The summed E-state index contributed by atoms with van der Waals surface area (Å²) >= 11 is 0. The summed E-state index contributed by atoms with van der Waals surface area (Å²) in [5.74, 6) is 0. The molecule has 0 bridgehead atoms. The van der Waals surface area contributed by atoms with Gasteiger partial charge in [0.1, 0.15) is 0 Å². The van der Waals surface area contributed by atoms with Crippen LogP contribution in [0, 0.1) is 0 Å². The van der Waals surface area contributed by atoms with E-state index in [0.29, 0.717) is 6.42 Å². The van der Waals surface area contributed by atoms with Gasteiger partial charge in [0, 0.05) is 0 Å². The largest absolute Gasteiger partial charge is 0.325 e. The molecule has 0 atom stereocenters. The molecule has 0 aromatic heterocycles. The van der Waals surface area contributed by atoms with Gasteiger partial charge >= 0.3 is 7.60 Å². The van der Waals surface area contributed by atoms with Crippen LogP contribution in [0.25, 0.3) is 0 Å². The highest BCUT2D eigenvalue weighted by Gasteiger charge is 2.10. The highest BCUT2D eigenvalue weighted by atomic mass is 31.2. The fourth-order valence-corrected chi connectivity index (χ4v) is 2.93. The molecule has 0 spiro atoms. The minimum Gasteiger partial charge on any atom is -0.324 e. The zero-order chi connectivity index (χ0) is 19.3. The van der Waals surface area contributed by atoms with Crippen LogP contribution in [-0.4, -0.2) is 15.9 Å². The maximum Gasteiger partial charge on any atom is 0.325 e. The third-order valence-corrected chi connectivity index (χ3v) is 4.91. The summed E-state index contributed by atoms with van der Waals surface area (Å²) in [5.41, 5.74) is 5.47. The first-order chi connectivity index (χ1) is 11.6. The van der Waals surface area contributed by atoms with E-state index in [2.05, 4.69) is 45.9 Å². The van der Waals surface area contributed by atoms with Gasteiger partial charge in [-0.15, -0.1) is 0 Å². The summed E-state index contributed by atoms with van der Waals surface area (Å²) in [5, 5.41) is 0. The molecule has 0 fully saturated rings. The quantitative estimate of drug-likeness (QED) is 0.298. The van der Waals surface area contributed by atoms with E-state index in [1.165, 1.54) is 22.3 Å². The van der Waals surface area contributed by atoms with Crippen LogP contribution in [0.15, 0.2) is 46.6 Å². The molecular weight excluding hydrogens is 331 g/mol. The van der Waals surface area contributed by atoms with Crippen LogP contribution in [0.3, 0.4) is 0 Å². The Morgan fingerprint density at radius 3 is 1.40 bits per heavy atom. The lowest BCUT2D eigenvalue weighted by Crippen LogP contribution is -1.86. The van der Waals surface area contributed by atoms with E-state index in [1.807, 2.05) is 13.0 Å². The molecule has 0 aliphatic carbocycles. The average molecular weight is 368 g/mol. The zero-order valence-corrected chi connectivity index (χ0v) is 17.6. The van der Waals surface area contributed by atoms with Gasteiger partial charge in [-0.3, -0.25) is 4.57 Å². The van der Waals surface area contributed by atoms with Gasteiger partial charge in [-0.2, -0.15) is 0 Å². The van der Waals surface area contributed by atoms with Gasteiger partial charge in [-0.1, -0.05) is 46.6 Å². The molecule has 144 valence electrons. The van der Waals surface area contributed by atoms with Gasteiger partial charge in [-0.25, -0.2) is 0 Å². The first-order valence-corrected chi connectivity index (χ1v) is 11.0. The van der Waals surface area contributed by atoms with Crippen molar-refractivity contribution < 1.29 is 14.4 Å². The highest BCUT2D eigenvalue weighted by molar-refractivity contribution is 7.51. The smallest absolute Gasteiger partial charge is 0.324 e. The maximum absolute atomic E-state index is 10.8. The average Bonchev–Trinajstić information content (AvgIpc) is 2.45. The number of hydrogen-bond acceptors (Lipinski definition) is 1. The van der Waals surface area contributed by atoms with Gasteiger partial charge in [0.2, 0.25) is 0 Å². The van der Waals surface area contributed by atoms with Gasteiger partial charge in [-0.05, 0) is 79.6 Å². The van der Waals surface area contributed by atoms with Crippen molar-refractivity contribution in [1.82, 2.24) is 0 Å². The van der Waals surface area contributed by atoms with Crippen LogP contribution in [0.1, 0.15) is 79.6 Å². The van der Waals surface area contributed by atoms with Crippen molar-refractivity contribution in [3.05, 3.63) is 46.6 Å². The Balaban J connectivity index is 4.03. The van der Waals surface area contributed by atoms with Crippen molar-refractivity contribution in [3.8, 4) is 0 Å². The lowest BCUT2D eigenvalue weighted by Gasteiger charge is -2.03. The van der Waals surface area contributed by atoms with Crippen LogP contribution in [0.5, 0.6) is 0 Å². The van der Waals surface area contributed by atoms with Gasteiger partial charge in [0.05, 0.1) is 6.16 Å². The monoisotopic (exact) mass is 368 g/mol. The standard InChI is InChI=1S/C21H37O3P/c1-18(2)10-6-11-19(3)12-7-13-20(4)14-8-15-21(5)16-9-17-25(22,23)24/h10,12,14,16H,6-9,11,13,15,17H2,1-5H3,(H2,22,23,24). The molecule has 0 rings (SSSR count). The molecule has 0 saturated heterocycles. The molecule has 0 aromatic carbocycles. The third-order valence-electron chi connectivity index (χ3n) is 4.07. The molecule has 0 aliphatic rings. The Bertz CT molecular complexity index is 543. The number of rotatable bonds is 12. The fraction of sp³-hybridized carbons (Fsp3) is 0.619. The molecule has 0 amide bonds. The summed E-state index contributed by atoms with van der Waals surface area (Å²) in [6.45, 7) is 10.7. The Morgan fingerprint density at radius 1 is 0.680 bits per heavy atom. The van der Waals surface area contributed by atoms with E-state index in [-0.39, 0.29) is 6.16 Å². The summed E-state index contributed by atoms with van der Waals surface area (Å²) in [4.78, 5) is 17.7. The minimum absolute atomic E-state index is 0.0570. The van der Waals surface area contributed by atoms with E-state index in [9.17, 15) is 4.57 Å². The minimum atomic E-state index is -3.86. The van der Waals surface area contributed by atoms with E-state index < -0.39 is 7.60 Å². The Hall–Kier alpha value is -0.890. The Kier molecular flexibility index (Phi) is 12.9. The highest BCUT2D eigenvalue weighted by Crippen LogP contribution is 2.35. The summed E-state index contributed by atoms with van der Waals surface area (Å²) in [7, 11) is -3.86. The molecule has 0 aromatic rings. The third kappa shape index (κ3) is 17.7. The van der Waals surface area contributed by atoms with Gasteiger partial charge in [0.15, 0.2) is 0 Å². The van der Waals surface area contributed by atoms with Gasteiger partial charge < -0.3 is 9.79 Å². The fourth-order valence-electron chi connectivity index (χ4n) is 2.47. The first-order valence-electron chi connectivity index (χ1n) is 9.25. The van der Waals surface area contributed by atoms with Crippen LogP contribution in [0.2, 0.25) is 0 Å². The zero-order valence-electron chi connectivity index (χ0n) is 16.7. The second-order valence-corrected chi connectivity index (χ2v) is 9.00. The molecule has 0 heterocycles.